The largest absolute Gasteiger partial charge is 0.456 e. The van der Waals surface area contributed by atoms with Crippen molar-refractivity contribution >= 4 is 5.97 Å². The van der Waals surface area contributed by atoms with Crippen LogP contribution in [0.4, 0.5) is 0 Å². The molecule has 0 radical (unpaired) electrons. The van der Waals surface area contributed by atoms with Gasteiger partial charge >= 0.3 is 5.97 Å². The summed E-state index contributed by atoms with van der Waals surface area (Å²) in [4.78, 5) is 11.3. The summed E-state index contributed by atoms with van der Waals surface area (Å²) in [5.41, 5.74) is 2.55. The second-order valence-electron chi connectivity index (χ2n) is 3.15. The van der Waals surface area contributed by atoms with Crippen molar-refractivity contribution in [3.8, 4) is 5.75 Å². The van der Waals surface area contributed by atoms with Crippen molar-refractivity contribution < 1.29 is 14.3 Å². The lowest BCUT2D eigenvalue weighted by molar-refractivity contribution is 0.00459. The van der Waals surface area contributed by atoms with Crippen molar-refractivity contribution in [3.63, 3.8) is 0 Å². The van der Waals surface area contributed by atoms with Gasteiger partial charge in [-0.25, -0.2) is 4.79 Å². The topological polar surface area (TPSA) is 35.5 Å². The molecule has 0 unspecified atom stereocenters. The van der Waals surface area contributed by atoms with Gasteiger partial charge in [-0.15, -0.1) is 0 Å². The van der Waals surface area contributed by atoms with Crippen LogP contribution in [-0.4, -0.2) is 12.8 Å². The van der Waals surface area contributed by atoms with Crippen LogP contribution < -0.4 is 4.74 Å². The van der Waals surface area contributed by atoms with Crippen LogP contribution in [0.25, 0.3) is 0 Å². The molecule has 3 heteroatoms. The average molecular weight is 178 g/mol. The molecule has 0 saturated carbocycles. The Balaban J connectivity index is 2.63. The van der Waals surface area contributed by atoms with Gasteiger partial charge < -0.3 is 9.47 Å². The highest BCUT2D eigenvalue weighted by Gasteiger charge is 2.21. The maximum absolute atomic E-state index is 11.3. The van der Waals surface area contributed by atoms with Gasteiger partial charge in [0.2, 0.25) is 6.79 Å². The molecule has 1 aromatic rings. The fraction of sp³-hybridized carbons (Fsp3) is 0.300. The Morgan fingerprint density at radius 2 is 2.00 bits per heavy atom. The molecule has 2 rings (SSSR count). The molecule has 0 spiro atoms. The molecule has 13 heavy (non-hydrogen) atoms. The van der Waals surface area contributed by atoms with E-state index in [1.165, 1.54) is 0 Å². The van der Waals surface area contributed by atoms with E-state index in [4.69, 9.17) is 9.47 Å². The van der Waals surface area contributed by atoms with E-state index in [1.54, 1.807) is 6.07 Å². The maximum atomic E-state index is 11.3. The third-order valence-corrected chi connectivity index (χ3v) is 2.03. The van der Waals surface area contributed by atoms with Gasteiger partial charge in [0.1, 0.15) is 11.3 Å². The fourth-order valence-corrected chi connectivity index (χ4v) is 1.52. The molecule has 0 atom stereocenters. The third-order valence-electron chi connectivity index (χ3n) is 2.03. The number of benzene rings is 1. The number of ether oxygens (including phenoxy) is 2. The minimum absolute atomic E-state index is 0.0235. The molecular formula is C10H10O3. The molecule has 1 aliphatic rings. The maximum Gasteiger partial charge on any atom is 0.344 e. The number of carbonyl (C=O) groups excluding carboxylic acids is 1. The lowest BCUT2D eigenvalue weighted by Crippen LogP contribution is -2.19. The summed E-state index contributed by atoms with van der Waals surface area (Å²) in [6.45, 7) is 3.88. The predicted molar refractivity (Wildman–Crippen MR) is 46.8 cm³/mol. The zero-order chi connectivity index (χ0) is 9.42. The first-order valence-corrected chi connectivity index (χ1v) is 4.09. The molecule has 0 saturated heterocycles. The van der Waals surface area contributed by atoms with Crippen LogP contribution in [-0.2, 0) is 4.74 Å². The van der Waals surface area contributed by atoms with Gasteiger partial charge in [0, 0.05) is 0 Å². The molecule has 1 aliphatic heterocycles. The fourth-order valence-electron chi connectivity index (χ4n) is 1.52. The highest BCUT2D eigenvalue weighted by atomic mass is 16.7. The lowest BCUT2D eigenvalue weighted by Gasteiger charge is -2.18. The van der Waals surface area contributed by atoms with Gasteiger partial charge in [-0.3, -0.25) is 0 Å². The Labute approximate surface area is 76.3 Å². The number of carbonyl (C=O) groups is 1. The van der Waals surface area contributed by atoms with Crippen LogP contribution in [0.1, 0.15) is 21.5 Å². The molecule has 0 bridgehead atoms. The number of hydrogen-bond acceptors (Lipinski definition) is 3. The number of hydrogen-bond donors (Lipinski definition) is 0. The molecule has 1 heterocycles. The van der Waals surface area contributed by atoms with Crippen molar-refractivity contribution in [2.45, 2.75) is 13.8 Å². The second kappa shape index (κ2) is 2.76. The van der Waals surface area contributed by atoms with E-state index >= 15 is 0 Å². The summed E-state index contributed by atoms with van der Waals surface area (Å²) in [7, 11) is 0. The quantitative estimate of drug-likeness (QED) is 0.568. The summed E-state index contributed by atoms with van der Waals surface area (Å²) < 4.78 is 9.99. The number of fused-ring (bicyclic) bond motifs is 1. The standard InChI is InChI=1S/C10H10O3/c1-6-3-7(2)9-8(4-6)10(11)13-5-12-9/h3-4H,5H2,1-2H3. The molecule has 68 valence electrons. The smallest absolute Gasteiger partial charge is 0.344 e. The lowest BCUT2D eigenvalue weighted by atomic mass is 10.1. The Kier molecular flexibility index (Phi) is 1.72. The zero-order valence-corrected chi connectivity index (χ0v) is 7.59. The number of aryl methyl sites for hydroxylation is 2. The molecular weight excluding hydrogens is 168 g/mol. The minimum Gasteiger partial charge on any atom is -0.456 e. The van der Waals surface area contributed by atoms with Crippen LogP contribution in [0.5, 0.6) is 5.75 Å². The highest BCUT2D eigenvalue weighted by Crippen LogP contribution is 2.28. The van der Waals surface area contributed by atoms with E-state index in [2.05, 4.69) is 0 Å². The molecule has 0 N–H and O–H groups in total. The van der Waals surface area contributed by atoms with Crippen molar-refractivity contribution in [2.24, 2.45) is 0 Å². The third kappa shape index (κ3) is 1.26. The molecule has 0 aromatic heterocycles. The van der Waals surface area contributed by atoms with Crippen LogP contribution >= 0.6 is 0 Å². The van der Waals surface area contributed by atoms with Crippen molar-refractivity contribution in [1.82, 2.24) is 0 Å². The van der Waals surface area contributed by atoms with E-state index in [0.717, 1.165) is 11.1 Å². The van der Waals surface area contributed by atoms with Crippen molar-refractivity contribution in [3.05, 3.63) is 28.8 Å². The van der Waals surface area contributed by atoms with Crippen LogP contribution in [0.2, 0.25) is 0 Å². The summed E-state index contributed by atoms with van der Waals surface area (Å²) in [5.74, 6) is 0.356. The first kappa shape index (κ1) is 8.10. The Hall–Kier alpha value is -1.51. The van der Waals surface area contributed by atoms with Crippen LogP contribution in [0.3, 0.4) is 0 Å². The molecule has 0 amide bonds. The summed E-state index contributed by atoms with van der Waals surface area (Å²) in [6.07, 6.45) is 0. The Bertz CT molecular complexity index is 369. The van der Waals surface area contributed by atoms with E-state index in [-0.39, 0.29) is 12.8 Å². The minimum atomic E-state index is -0.298. The van der Waals surface area contributed by atoms with Gasteiger partial charge in [-0.05, 0) is 31.0 Å². The first-order valence-electron chi connectivity index (χ1n) is 4.09. The van der Waals surface area contributed by atoms with E-state index < -0.39 is 0 Å². The van der Waals surface area contributed by atoms with Crippen LogP contribution in [0.15, 0.2) is 12.1 Å². The molecule has 0 fully saturated rings. The summed E-state index contributed by atoms with van der Waals surface area (Å²) in [5, 5.41) is 0. The van der Waals surface area contributed by atoms with E-state index in [1.807, 2.05) is 19.9 Å². The molecule has 1 aromatic carbocycles. The Morgan fingerprint density at radius 3 is 2.77 bits per heavy atom. The Morgan fingerprint density at radius 1 is 1.23 bits per heavy atom. The molecule has 3 nitrogen and oxygen atoms in total. The van der Waals surface area contributed by atoms with Gasteiger partial charge in [-0.1, -0.05) is 6.07 Å². The SMILES string of the molecule is Cc1cc(C)c2c(c1)C(=O)OCO2. The summed E-state index contributed by atoms with van der Waals surface area (Å²) >= 11 is 0. The predicted octanol–water partition coefficient (Wildman–Crippen LogP) is 1.81. The van der Waals surface area contributed by atoms with Gasteiger partial charge in [0.05, 0.1) is 0 Å². The average Bonchev–Trinajstić information content (AvgIpc) is 2.07. The van der Waals surface area contributed by atoms with Gasteiger partial charge in [0.25, 0.3) is 0 Å². The zero-order valence-electron chi connectivity index (χ0n) is 7.59. The van der Waals surface area contributed by atoms with Crippen molar-refractivity contribution in [2.75, 3.05) is 6.79 Å². The van der Waals surface area contributed by atoms with Gasteiger partial charge in [-0.2, -0.15) is 0 Å². The monoisotopic (exact) mass is 178 g/mol. The van der Waals surface area contributed by atoms with Gasteiger partial charge in [0.15, 0.2) is 0 Å². The number of rotatable bonds is 0. The number of esters is 1. The van der Waals surface area contributed by atoms with E-state index in [0.29, 0.717) is 11.3 Å². The van der Waals surface area contributed by atoms with Crippen molar-refractivity contribution in [1.29, 1.82) is 0 Å². The second-order valence-corrected chi connectivity index (χ2v) is 3.15. The van der Waals surface area contributed by atoms with E-state index in [9.17, 15) is 4.79 Å². The highest BCUT2D eigenvalue weighted by molar-refractivity contribution is 5.94. The normalized spacial score (nSPS) is 14.5. The first-order chi connectivity index (χ1) is 6.18. The number of cyclic esters (lactones) is 1. The molecule has 0 aliphatic carbocycles. The van der Waals surface area contributed by atoms with Crippen LogP contribution in [0, 0.1) is 13.8 Å². The summed E-state index contributed by atoms with van der Waals surface area (Å²) in [6, 6.07) is 3.77.